The molecule has 0 aromatic heterocycles. The Morgan fingerprint density at radius 2 is 1.65 bits per heavy atom. The first kappa shape index (κ1) is 18.7. The number of carboxylic acid groups (broad SMARTS) is 1. The van der Waals surface area contributed by atoms with E-state index in [1.807, 2.05) is 0 Å². The maximum atomic E-state index is 10.0. The van der Waals surface area contributed by atoms with Crippen molar-refractivity contribution in [3.63, 3.8) is 0 Å². The van der Waals surface area contributed by atoms with Crippen molar-refractivity contribution in [1.82, 2.24) is 0 Å². The molecule has 5 nitrogen and oxygen atoms in total. The molecule has 0 aliphatic rings. The topological polar surface area (TPSA) is 98.0 Å². The molecule has 104 valence electrons. The highest BCUT2D eigenvalue weighted by molar-refractivity contribution is 5.66. The van der Waals surface area contributed by atoms with Crippen LogP contribution < -0.4 is 0 Å². The van der Waals surface area contributed by atoms with Gasteiger partial charge >= 0.3 is 5.97 Å². The lowest BCUT2D eigenvalue weighted by molar-refractivity contribution is -0.137. The van der Waals surface area contributed by atoms with Gasteiger partial charge < -0.3 is 20.4 Å². The van der Waals surface area contributed by atoms with E-state index >= 15 is 0 Å². The summed E-state index contributed by atoms with van der Waals surface area (Å²) in [5.41, 5.74) is 0. The van der Waals surface area contributed by atoms with Gasteiger partial charge in [-0.25, -0.2) is 0 Å². The minimum Gasteiger partial charge on any atom is -0.481 e. The predicted molar refractivity (Wildman–Crippen MR) is 65.8 cm³/mol. The van der Waals surface area contributed by atoms with Gasteiger partial charge in [0, 0.05) is 6.42 Å². The summed E-state index contributed by atoms with van der Waals surface area (Å²) in [5.74, 6) is -0.670. The average Bonchev–Trinajstić information content (AvgIpc) is 2.28. The fraction of sp³-hybridized carbons (Fsp3) is 0.917. The summed E-state index contributed by atoms with van der Waals surface area (Å²) in [4.78, 5) is 10.0. The zero-order chi connectivity index (χ0) is 13.7. The molecule has 0 amide bonds. The highest BCUT2D eigenvalue weighted by Gasteiger charge is 2.06. The van der Waals surface area contributed by atoms with Crippen molar-refractivity contribution < 1.29 is 25.2 Å². The molecule has 0 rings (SSSR count). The number of unbranched alkanes of at least 4 members (excludes halogenated alkanes) is 4. The van der Waals surface area contributed by atoms with Crippen LogP contribution in [0.1, 0.15) is 52.4 Å². The summed E-state index contributed by atoms with van der Waals surface area (Å²) >= 11 is 0. The Morgan fingerprint density at radius 1 is 1.12 bits per heavy atom. The van der Waals surface area contributed by atoms with Gasteiger partial charge in [-0.3, -0.25) is 4.79 Å². The van der Waals surface area contributed by atoms with Crippen LogP contribution in [0, 0.1) is 0 Å². The number of hydrogen-bond acceptors (Lipinski definition) is 4. The molecule has 0 radical (unpaired) electrons. The number of hydrogen-bond donors (Lipinski definition) is 4. The Kier molecular flexibility index (Phi) is 14.8. The van der Waals surface area contributed by atoms with Crippen molar-refractivity contribution in [2.75, 3.05) is 6.61 Å². The third-order valence-electron chi connectivity index (χ3n) is 2.24. The molecular formula is C12H26O5. The van der Waals surface area contributed by atoms with E-state index in [0.717, 1.165) is 12.8 Å². The highest BCUT2D eigenvalue weighted by atomic mass is 16.4. The molecule has 0 aromatic rings. The summed E-state index contributed by atoms with van der Waals surface area (Å²) in [7, 11) is 0. The largest absolute Gasteiger partial charge is 0.481 e. The van der Waals surface area contributed by atoms with Crippen molar-refractivity contribution >= 4 is 5.97 Å². The van der Waals surface area contributed by atoms with Crippen LogP contribution in [0.5, 0.6) is 0 Å². The molecule has 2 unspecified atom stereocenters. The number of aliphatic hydroxyl groups is 3. The van der Waals surface area contributed by atoms with E-state index in [2.05, 4.69) is 6.92 Å². The third kappa shape index (κ3) is 17.9. The normalized spacial score (nSPS) is 13.5. The van der Waals surface area contributed by atoms with E-state index in [0.29, 0.717) is 6.42 Å². The summed E-state index contributed by atoms with van der Waals surface area (Å²) in [6.45, 7) is 3.19. The van der Waals surface area contributed by atoms with Crippen LogP contribution in [0.2, 0.25) is 0 Å². The fourth-order valence-corrected chi connectivity index (χ4v) is 1.03. The van der Waals surface area contributed by atoms with E-state index in [4.69, 9.17) is 20.4 Å². The molecule has 0 bridgehead atoms. The van der Waals surface area contributed by atoms with Crippen LogP contribution in [0.25, 0.3) is 0 Å². The molecule has 0 aliphatic heterocycles. The Bertz CT molecular complexity index is 170. The summed E-state index contributed by atoms with van der Waals surface area (Å²) in [5, 5.41) is 33.2. The first-order chi connectivity index (χ1) is 7.95. The van der Waals surface area contributed by atoms with E-state index in [1.165, 1.54) is 26.2 Å². The lowest BCUT2D eigenvalue weighted by Gasteiger charge is -2.07. The van der Waals surface area contributed by atoms with Crippen molar-refractivity contribution in [2.24, 2.45) is 0 Å². The Morgan fingerprint density at radius 3 is 1.94 bits per heavy atom. The predicted octanol–water partition coefficient (Wildman–Crippen LogP) is 1.15. The first-order valence-electron chi connectivity index (χ1n) is 6.14. The van der Waals surface area contributed by atoms with Gasteiger partial charge in [0.2, 0.25) is 0 Å². The second kappa shape index (κ2) is 13.4. The van der Waals surface area contributed by atoms with Crippen LogP contribution in [0.4, 0.5) is 0 Å². The second-order valence-electron chi connectivity index (χ2n) is 4.05. The highest BCUT2D eigenvalue weighted by Crippen LogP contribution is 2.04. The maximum absolute atomic E-state index is 10.0. The molecule has 0 saturated carbocycles. The number of rotatable bonds is 8. The summed E-state index contributed by atoms with van der Waals surface area (Å²) in [6, 6.07) is 0. The third-order valence-corrected chi connectivity index (χ3v) is 2.24. The van der Waals surface area contributed by atoms with Crippen LogP contribution in [-0.4, -0.2) is 45.2 Å². The summed E-state index contributed by atoms with van der Waals surface area (Å²) in [6.07, 6.45) is 4.07. The molecular weight excluding hydrogens is 224 g/mol. The molecule has 4 N–H and O–H groups in total. The van der Waals surface area contributed by atoms with Crippen molar-refractivity contribution in [3.05, 3.63) is 0 Å². The van der Waals surface area contributed by atoms with Crippen molar-refractivity contribution in [3.8, 4) is 0 Å². The first-order valence-corrected chi connectivity index (χ1v) is 6.14. The fourth-order valence-electron chi connectivity index (χ4n) is 1.03. The Hall–Kier alpha value is -0.650. The average molecular weight is 250 g/mol. The minimum atomic E-state index is -0.986. The van der Waals surface area contributed by atoms with Gasteiger partial charge in [0.1, 0.15) is 6.10 Å². The van der Waals surface area contributed by atoms with Crippen LogP contribution in [0.15, 0.2) is 0 Å². The van der Waals surface area contributed by atoms with E-state index in [-0.39, 0.29) is 6.61 Å². The Balaban J connectivity index is 0. The monoisotopic (exact) mass is 250 g/mol. The maximum Gasteiger partial charge on any atom is 0.303 e. The van der Waals surface area contributed by atoms with E-state index in [1.54, 1.807) is 0 Å². The lowest BCUT2D eigenvalue weighted by Crippen LogP contribution is -2.25. The molecule has 0 fully saturated rings. The number of aliphatic carboxylic acids is 1. The van der Waals surface area contributed by atoms with Gasteiger partial charge in [-0.15, -0.1) is 0 Å². The molecule has 17 heavy (non-hydrogen) atoms. The SMILES string of the molecule is CC(O)C(O)CO.CCCCCCCC(=O)O. The summed E-state index contributed by atoms with van der Waals surface area (Å²) < 4.78 is 0. The smallest absolute Gasteiger partial charge is 0.303 e. The van der Waals surface area contributed by atoms with Crippen molar-refractivity contribution in [1.29, 1.82) is 0 Å². The molecule has 0 spiro atoms. The zero-order valence-electron chi connectivity index (χ0n) is 10.8. The molecule has 0 aliphatic carbocycles. The van der Waals surface area contributed by atoms with E-state index in [9.17, 15) is 4.79 Å². The van der Waals surface area contributed by atoms with E-state index < -0.39 is 18.2 Å². The number of aliphatic hydroxyl groups excluding tert-OH is 3. The molecule has 0 saturated heterocycles. The van der Waals surface area contributed by atoms with Gasteiger partial charge in [-0.2, -0.15) is 0 Å². The van der Waals surface area contributed by atoms with Gasteiger partial charge in [0.15, 0.2) is 0 Å². The quantitative estimate of drug-likeness (QED) is 0.484. The molecule has 2 atom stereocenters. The van der Waals surface area contributed by atoms with Crippen LogP contribution >= 0.6 is 0 Å². The lowest BCUT2D eigenvalue weighted by atomic mass is 10.1. The van der Waals surface area contributed by atoms with Crippen LogP contribution in [-0.2, 0) is 4.79 Å². The molecule has 5 heteroatoms. The minimum absolute atomic E-state index is 0.337. The van der Waals surface area contributed by atoms with Gasteiger partial charge in [-0.05, 0) is 13.3 Å². The number of carbonyl (C=O) groups is 1. The Labute approximate surface area is 103 Å². The number of carboxylic acids is 1. The molecule has 0 heterocycles. The van der Waals surface area contributed by atoms with Crippen molar-refractivity contribution in [2.45, 2.75) is 64.6 Å². The zero-order valence-corrected chi connectivity index (χ0v) is 10.8. The van der Waals surface area contributed by atoms with Gasteiger partial charge in [0.05, 0.1) is 12.7 Å². The van der Waals surface area contributed by atoms with Gasteiger partial charge in [0.25, 0.3) is 0 Å². The van der Waals surface area contributed by atoms with Gasteiger partial charge in [-0.1, -0.05) is 32.6 Å². The molecule has 0 aromatic carbocycles. The standard InChI is InChI=1S/C8H16O2.C4H10O3/c1-2-3-4-5-6-7-8(9)10;1-3(6)4(7)2-5/h2-7H2,1H3,(H,9,10);3-7H,2H2,1H3. The second-order valence-corrected chi connectivity index (χ2v) is 4.05. The van der Waals surface area contributed by atoms with Crippen LogP contribution in [0.3, 0.4) is 0 Å².